The molecule has 1 aromatic carbocycles. The molecule has 4 heteroatoms. The number of carbonyl (C=O) groups excluding carboxylic acids is 1. The summed E-state index contributed by atoms with van der Waals surface area (Å²) >= 11 is 0. The van der Waals surface area contributed by atoms with E-state index in [0.29, 0.717) is 26.0 Å². The van der Waals surface area contributed by atoms with Crippen molar-refractivity contribution in [3.63, 3.8) is 0 Å². The van der Waals surface area contributed by atoms with Gasteiger partial charge in [-0.3, -0.25) is 4.79 Å². The molecule has 1 N–H and O–H groups in total. The number of amides is 1. The molecule has 1 unspecified atom stereocenters. The van der Waals surface area contributed by atoms with Gasteiger partial charge in [0.15, 0.2) is 0 Å². The first-order chi connectivity index (χ1) is 9.40. The van der Waals surface area contributed by atoms with Crippen molar-refractivity contribution in [3.05, 3.63) is 29.3 Å². The molecule has 1 aromatic rings. The molecule has 0 spiro atoms. The van der Waals surface area contributed by atoms with Crippen LogP contribution in [0.4, 0.5) is 0 Å². The Kier molecular flexibility index (Phi) is 6.52. The third-order valence-corrected chi connectivity index (χ3v) is 3.21. The summed E-state index contributed by atoms with van der Waals surface area (Å²) in [6.07, 6.45) is 0.570. The lowest BCUT2D eigenvalue weighted by Gasteiger charge is -2.18. The number of ether oxygens (including phenoxy) is 1. The number of hydrogen-bond donors (Lipinski definition) is 1. The van der Waals surface area contributed by atoms with Gasteiger partial charge in [-0.25, -0.2) is 0 Å². The summed E-state index contributed by atoms with van der Waals surface area (Å²) in [6, 6.07) is 6.00. The molecule has 1 amide bonds. The van der Waals surface area contributed by atoms with Crippen LogP contribution in [0, 0.1) is 13.8 Å². The van der Waals surface area contributed by atoms with E-state index in [4.69, 9.17) is 4.74 Å². The van der Waals surface area contributed by atoms with Gasteiger partial charge in [0.05, 0.1) is 19.1 Å². The molecular weight excluding hydrogens is 254 g/mol. The lowest BCUT2D eigenvalue weighted by molar-refractivity contribution is -0.130. The lowest BCUT2D eigenvalue weighted by Crippen LogP contribution is -2.30. The van der Waals surface area contributed by atoms with Gasteiger partial charge in [0.2, 0.25) is 5.91 Å². The monoisotopic (exact) mass is 279 g/mol. The largest absolute Gasteiger partial charge is 0.493 e. The predicted molar refractivity (Wildman–Crippen MR) is 80.0 cm³/mol. The minimum absolute atomic E-state index is 0.0374. The topological polar surface area (TPSA) is 49.8 Å². The summed E-state index contributed by atoms with van der Waals surface area (Å²) in [5, 5.41) is 9.20. The summed E-state index contributed by atoms with van der Waals surface area (Å²) in [5.74, 6) is 0.866. The Labute approximate surface area is 121 Å². The Bertz CT molecular complexity index is 443. The van der Waals surface area contributed by atoms with E-state index >= 15 is 0 Å². The molecule has 20 heavy (non-hydrogen) atoms. The van der Waals surface area contributed by atoms with Crippen LogP contribution in [0.1, 0.15) is 30.9 Å². The van der Waals surface area contributed by atoms with Crippen molar-refractivity contribution in [3.8, 4) is 5.75 Å². The molecular formula is C16H25NO3. The number of carbonyl (C=O) groups is 1. The minimum atomic E-state index is -0.378. The van der Waals surface area contributed by atoms with Gasteiger partial charge in [0.1, 0.15) is 5.75 Å². The van der Waals surface area contributed by atoms with Crippen molar-refractivity contribution >= 4 is 5.91 Å². The van der Waals surface area contributed by atoms with E-state index in [1.807, 2.05) is 26.0 Å². The zero-order valence-corrected chi connectivity index (χ0v) is 12.8. The van der Waals surface area contributed by atoms with Crippen LogP contribution in [0.25, 0.3) is 0 Å². The van der Waals surface area contributed by atoms with Crippen LogP contribution >= 0.6 is 0 Å². The number of aliphatic hydroxyl groups excluding tert-OH is 1. The maximum atomic E-state index is 11.8. The van der Waals surface area contributed by atoms with Gasteiger partial charge >= 0.3 is 0 Å². The Morgan fingerprint density at radius 1 is 1.40 bits per heavy atom. The van der Waals surface area contributed by atoms with E-state index in [0.717, 1.165) is 11.3 Å². The highest BCUT2D eigenvalue weighted by molar-refractivity contribution is 5.75. The zero-order chi connectivity index (χ0) is 15.1. The summed E-state index contributed by atoms with van der Waals surface area (Å²) in [7, 11) is 1.75. The van der Waals surface area contributed by atoms with E-state index in [9.17, 15) is 9.90 Å². The summed E-state index contributed by atoms with van der Waals surface area (Å²) in [4.78, 5) is 13.5. The van der Waals surface area contributed by atoms with Crippen molar-refractivity contribution in [1.82, 2.24) is 4.90 Å². The molecule has 0 fully saturated rings. The standard InChI is InChI=1S/C16H25NO3/c1-12-5-6-15(13(2)11-12)20-10-8-16(19)17(4)9-7-14(3)18/h5-6,11,14,18H,7-10H2,1-4H3. The molecule has 0 bridgehead atoms. The maximum Gasteiger partial charge on any atom is 0.225 e. The Hall–Kier alpha value is -1.55. The fourth-order valence-corrected chi connectivity index (χ4v) is 1.91. The summed E-state index contributed by atoms with van der Waals surface area (Å²) in [6.45, 7) is 6.71. The molecule has 4 nitrogen and oxygen atoms in total. The van der Waals surface area contributed by atoms with E-state index in [1.54, 1.807) is 18.9 Å². The molecule has 0 aliphatic carbocycles. The summed E-state index contributed by atoms with van der Waals surface area (Å²) < 4.78 is 5.64. The molecule has 0 aliphatic heterocycles. The number of benzene rings is 1. The fourth-order valence-electron chi connectivity index (χ4n) is 1.91. The van der Waals surface area contributed by atoms with Gasteiger partial charge in [-0.15, -0.1) is 0 Å². The van der Waals surface area contributed by atoms with Crippen molar-refractivity contribution in [2.45, 2.75) is 39.7 Å². The van der Waals surface area contributed by atoms with E-state index in [1.165, 1.54) is 5.56 Å². The van der Waals surface area contributed by atoms with Crippen LogP contribution < -0.4 is 4.74 Å². The lowest BCUT2D eigenvalue weighted by atomic mass is 10.1. The van der Waals surface area contributed by atoms with Gasteiger partial charge in [-0.1, -0.05) is 17.7 Å². The van der Waals surface area contributed by atoms with Gasteiger partial charge < -0.3 is 14.7 Å². The average Bonchev–Trinajstić information content (AvgIpc) is 2.38. The first kappa shape index (κ1) is 16.5. The van der Waals surface area contributed by atoms with Crippen LogP contribution in [0.15, 0.2) is 18.2 Å². The molecule has 0 aliphatic rings. The van der Waals surface area contributed by atoms with Crippen LogP contribution in [-0.4, -0.2) is 42.2 Å². The number of aryl methyl sites for hydroxylation is 2. The van der Waals surface area contributed by atoms with Crippen molar-refractivity contribution in [1.29, 1.82) is 0 Å². The third-order valence-electron chi connectivity index (χ3n) is 3.21. The second kappa shape index (κ2) is 7.90. The zero-order valence-electron chi connectivity index (χ0n) is 12.8. The van der Waals surface area contributed by atoms with Crippen LogP contribution in [0.3, 0.4) is 0 Å². The molecule has 112 valence electrons. The molecule has 0 radical (unpaired) electrons. The Balaban J connectivity index is 2.34. The quantitative estimate of drug-likeness (QED) is 0.833. The number of aliphatic hydroxyl groups is 1. The molecule has 0 saturated heterocycles. The van der Waals surface area contributed by atoms with Crippen LogP contribution in [-0.2, 0) is 4.79 Å². The third kappa shape index (κ3) is 5.61. The number of hydrogen-bond acceptors (Lipinski definition) is 3. The smallest absolute Gasteiger partial charge is 0.225 e. The van der Waals surface area contributed by atoms with E-state index in [2.05, 4.69) is 6.07 Å². The highest BCUT2D eigenvalue weighted by Crippen LogP contribution is 2.18. The SMILES string of the molecule is Cc1ccc(OCCC(=O)N(C)CCC(C)O)c(C)c1. The van der Waals surface area contributed by atoms with E-state index < -0.39 is 0 Å². The minimum Gasteiger partial charge on any atom is -0.493 e. The van der Waals surface area contributed by atoms with Gasteiger partial charge in [0, 0.05) is 13.6 Å². The average molecular weight is 279 g/mol. The highest BCUT2D eigenvalue weighted by atomic mass is 16.5. The first-order valence-electron chi connectivity index (χ1n) is 7.02. The molecule has 0 saturated carbocycles. The fraction of sp³-hybridized carbons (Fsp3) is 0.562. The van der Waals surface area contributed by atoms with Crippen molar-refractivity contribution in [2.24, 2.45) is 0 Å². The number of nitrogens with zero attached hydrogens (tertiary/aromatic N) is 1. The molecule has 0 heterocycles. The number of rotatable bonds is 7. The van der Waals surface area contributed by atoms with Crippen molar-refractivity contribution < 1.29 is 14.6 Å². The van der Waals surface area contributed by atoms with Gasteiger partial charge in [-0.05, 0) is 38.8 Å². The van der Waals surface area contributed by atoms with Crippen molar-refractivity contribution in [2.75, 3.05) is 20.2 Å². The van der Waals surface area contributed by atoms with Gasteiger partial charge in [-0.2, -0.15) is 0 Å². The normalized spacial score (nSPS) is 12.1. The van der Waals surface area contributed by atoms with Crippen LogP contribution in [0.5, 0.6) is 5.75 Å². The Morgan fingerprint density at radius 2 is 2.10 bits per heavy atom. The Morgan fingerprint density at radius 3 is 2.70 bits per heavy atom. The highest BCUT2D eigenvalue weighted by Gasteiger charge is 2.10. The van der Waals surface area contributed by atoms with Crippen LogP contribution in [0.2, 0.25) is 0 Å². The summed E-state index contributed by atoms with van der Waals surface area (Å²) in [5.41, 5.74) is 2.28. The van der Waals surface area contributed by atoms with E-state index in [-0.39, 0.29) is 12.0 Å². The molecule has 1 atom stereocenters. The second-order valence-corrected chi connectivity index (χ2v) is 5.32. The molecule has 0 aromatic heterocycles. The molecule has 1 rings (SSSR count). The van der Waals surface area contributed by atoms with Gasteiger partial charge in [0.25, 0.3) is 0 Å². The second-order valence-electron chi connectivity index (χ2n) is 5.32. The first-order valence-corrected chi connectivity index (χ1v) is 7.02. The predicted octanol–water partition coefficient (Wildman–Crippen LogP) is 2.30. The maximum absolute atomic E-state index is 11.8.